The van der Waals surface area contributed by atoms with Crippen molar-refractivity contribution < 1.29 is 23.9 Å². The maximum Gasteiger partial charge on any atom is 0.351 e. The number of nitrogen functional groups attached to an aromatic ring is 1. The molecule has 104 valence electrons. The van der Waals surface area contributed by atoms with Gasteiger partial charge in [-0.15, -0.1) is 4.73 Å². The Morgan fingerprint density at radius 3 is 2.89 bits per heavy atom. The van der Waals surface area contributed by atoms with E-state index in [9.17, 15) is 4.57 Å². The second-order valence-corrected chi connectivity index (χ2v) is 5.22. The fourth-order valence-corrected chi connectivity index (χ4v) is 1.71. The van der Waals surface area contributed by atoms with Crippen molar-refractivity contribution in [2.45, 2.75) is 13.2 Å². The van der Waals surface area contributed by atoms with Gasteiger partial charge in [-0.1, -0.05) is 0 Å². The molecule has 11 heteroatoms. The van der Waals surface area contributed by atoms with Crippen LogP contribution in [0.1, 0.15) is 6.92 Å². The van der Waals surface area contributed by atoms with Gasteiger partial charge in [0.1, 0.15) is 12.7 Å². The van der Waals surface area contributed by atoms with Crippen LogP contribution in [-0.2, 0) is 9.30 Å². The predicted molar refractivity (Wildman–Crippen MR) is 63.8 cm³/mol. The molecule has 4 N–H and O–H groups in total. The number of ether oxygens (including phenoxy) is 1. The number of rotatable bonds is 5. The summed E-state index contributed by atoms with van der Waals surface area (Å²) in [5.41, 5.74) is 6.30. The van der Waals surface area contributed by atoms with Crippen LogP contribution in [0.4, 0.5) is 5.82 Å². The van der Waals surface area contributed by atoms with E-state index < -0.39 is 20.2 Å². The van der Waals surface area contributed by atoms with Crippen molar-refractivity contribution in [2.24, 2.45) is 0 Å². The van der Waals surface area contributed by atoms with Gasteiger partial charge in [0, 0.05) is 6.92 Å². The molecule has 19 heavy (non-hydrogen) atoms. The van der Waals surface area contributed by atoms with E-state index in [1.807, 2.05) is 0 Å². The zero-order valence-corrected chi connectivity index (χ0v) is 10.8. The summed E-state index contributed by atoms with van der Waals surface area (Å²) in [6.45, 7) is 1.48. The molecule has 0 aromatic carbocycles. The van der Waals surface area contributed by atoms with Crippen molar-refractivity contribution in [1.29, 1.82) is 0 Å². The van der Waals surface area contributed by atoms with E-state index in [1.165, 1.54) is 24.3 Å². The Kier molecular flexibility index (Phi) is 3.67. The lowest BCUT2D eigenvalue weighted by Crippen LogP contribution is -2.25. The molecule has 2 aromatic rings. The lowest BCUT2D eigenvalue weighted by Gasteiger charge is -2.15. The molecular weight excluding hydrogens is 277 g/mol. The molecular formula is C8H12N5O5P. The predicted octanol–water partition coefficient (Wildman–Crippen LogP) is -0.665. The summed E-state index contributed by atoms with van der Waals surface area (Å²) in [6, 6.07) is 0. The fraction of sp³-hybridized carbons (Fsp3) is 0.375. The zero-order valence-electron chi connectivity index (χ0n) is 9.87. The van der Waals surface area contributed by atoms with Gasteiger partial charge in [-0.2, -0.15) is 0 Å². The van der Waals surface area contributed by atoms with Gasteiger partial charge < -0.3 is 25.1 Å². The SMILES string of the molecule is CC(OCP(=O)(O)O)On1cnc2c(N)ncnc21. The molecule has 0 radical (unpaired) electrons. The Balaban J connectivity index is 2.09. The van der Waals surface area contributed by atoms with Crippen LogP contribution < -0.4 is 10.6 Å². The first-order valence-corrected chi connectivity index (χ1v) is 6.93. The number of hydrogen-bond acceptors (Lipinski definition) is 7. The third-order valence-electron chi connectivity index (χ3n) is 2.07. The molecule has 1 unspecified atom stereocenters. The summed E-state index contributed by atoms with van der Waals surface area (Å²) in [6.07, 6.45) is 0.923. The Hall–Kier alpha value is -1.74. The summed E-state index contributed by atoms with van der Waals surface area (Å²) in [4.78, 5) is 34.3. The third kappa shape index (κ3) is 3.38. The van der Waals surface area contributed by atoms with Crippen LogP contribution in [0.15, 0.2) is 12.7 Å². The van der Waals surface area contributed by atoms with E-state index in [-0.39, 0.29) is 5.82 Å². The lowest BCUT2D eigenvalue weighted by atomic mass is 10.5. The largest absolute Gasteiger partial charge is 0.382 e. The third-order valence-corrected chi connectivity index (χ3v) is 2.56. The fourth-order valence-electron chi connectivity index (χ4n) is 1.30. The Bertz CT molecular complexity index is 625. The van der Waals surface area contributed by atoms with Crippen molar-refractivity contribution in [2.75, 3.05) is 12.1 Å². The highest BCUT2D eigenvalue weighted by Gasteiger charge is 2.17. The van der Waals surface area contributed by atoms with Crippen LogP contribution in [0.5, 0.6) is 0 Å². The van der Waals surface area contributed by atoms with E-state index in [4.69, 9.17) is 25.1 Å². The first kappa shape index (κ1) is 13.7. The number of imidazole rings is 1. The van der Waals surface area contributed by atoms with Gasteiger partial charge in [0.2, 0.25) is 11.9 Å². The maximum absolute atomic E-state index is 10.7. The first-order chi connectivity index (χ1) is 8.87. The highest BCUT2D eigenvalue weighted by atomic mass is 31.2. The van der Waals surface area contributed by atoms with Crippen molar-refractivity contribution in [3.05, 3.63) is 12.7 Å². The molecule has 2 heterocycles. The van der Waals surface area contributed by atoms with Crippen LogP contribution in [0, 0.1) is 0 Å². The molecule has 2 rings (SSSR count). The normalized spacial score (nSPS) is 13.6. The van der Waals surface area contributed by atoms with Crippen LogP contribution in [0.2, 0.25) is 0 Å². The molecule has 2 aromatic heterocycles. The topological polar surface area (TPSA) is 146 Å². The zero-order chi connectivity index (χ0) is 14.0. The maximum atomic E-state index is 10.7. The van der Waals surface area contributed by atoms with E-state index in [1.54, 1.807) is 0 Å². The van der Waals surface area contributed by atoms with Gasteiger partial charge in [-0.05, 0) is 0 Å². The van der Waals surface area contributed by atoms with Crippen LogP contribution in [-0.4, -0.2) is 42.1 Å². The molecule has 10 nitrogen and oxygen atoms in total. The number of hydrogen-bond donors (Lipinski definition) is 3. The van der Waals surface area contributed by atoms with E-state index in [2.05, 4.69) is 15.0 Å². The molecule has 0 aliphatic rings. The average Bonchev–Trinajstić information content (AvgIpc) is 2.71. The van der Waals surface area contributed by atoms with E-state index >= 15 is 0 Å². The van der Waals surface area contributed by atoms with Crippen molar-refractivity contribution in [3.63, 3.8) is 0 Å². The number of aromatic nitrogens is 4. The standard InChI is InChI=1S/C8H12N5O5P/c1-5(17-4-19(14,15)16)18-13-3-12-6-7(9)10-2-11-8(6)13/h2-3,5H,4H2,1H3,(H2,9,10,11)(H2,14,15,16). The smallest absolute Gasteiger partial charge is 0.351 e. The summed E-state index contributed by atoms with van der Waals surface area (Å²) in [5, 5.41) is 0. The van der Waals surface area contributed by atoms with Gasteiger partial charge in [0.05, 0.1) is 0 Å². The van der Waals surface area contributed by atoms with Crippen molar-refractivity contribution in [1.82, 2.24) is 19.7 Å². The van der Waals surface area contributed by atoms with E-state index in [0.29, 0.717) is 11.2 Å². The molecule has 0 aliphatic carbocycles. The quantitative estimate of drug-likeness (QED) is 0.482. The summed E-state index contributed by atoms with van der Waals surface area (Å²) in [5.74, 6) is 0.205. The summed E-state index contributed by atoms with van der Waals surface area (Å²) >= 11 is 0. The first-order valence-electron chi connectivity index (χ1n) is 5.13. The minimum absolute atomic E-state index is 0.205. The van der Waals surface area contributed by atoms with Crippen LogP contribution in [0.25, 0.3) is 11.2 Å². The van der Waals surface area contributed by atoms with Gasteiger partial charge in [0.25, 0.3) is 0 Å². The summed E-state index contributed by atoms with van der Waals surface area (Å²) in [7, 11) is -4.24. The second-order valence-electron chi connectivity index (χ2n) is 3.63. The summed E-state index contributed by atoms with van der Waals surface area (Å²) < 4.78 is 16.7. The molecule has 0 saturated heterocycles. The van der Waals surface area contributed by atoms with Gasteiger partial charge in [-0.3, -0.25) is 4.57 Å². The van der Waals surface area contributed by atoms with Gasteiger partial charge in [-0.25, -0.2) is 15.0 Å². The van der Waals surface area contributed by atoms with Gasteiger partial charge >= 0.3 is 7.60 Å². The molecule has 0 bridgehead atoms. The van der Waals surface area contributed by atoms with Crippen LogP contribution >= 0.6 is 7.60 Å². The van der Waals surface area contributed by atoms with Crippen molar-refractivity contribution in [3.8, 4) is 0 Å². The number of nitrogens with zero attached hydrogens (tertiary/aromatic N) is 4. The lowest BCUT2D eigenvalue weighted by molar-refractivity contribution is -0.121. The minimum Gasteiger partial charge on any atom is -0.382 e. The minimum atomic E-state index is -4.24. The second kappa shape index (κ2) is 5.10. The van der Waals surface area contributed by atoms with Gasteiger partial charge in [0.15, 0.2) is 17.7 Å². The number of fused-ring (bicyclic) bond motifs is 1. The Morgan fingerprint density at radius 1 is 1.47 bits per heavy atom. The highest BCUT2D eigenvalue weighted by molar-refractivity contribution is 7.51. The number of anilines is 1. The molecule has 0 spiro atoms. The molecule has 0 amide bonds. The monoisotopic (exact) mass is 289 g/mol. The van der Waals surface area contributed by atoms with Crippen molar-refractivity contribution >= 4 is 24.6 Å². The van der Waals surface area contributed by atoms with Crippen LogP contribution in [0.3, 0.4) is 0 Å². The average molecular weight is 289 g/mol. The highest BCUT2D eigenvalue weighted by Crippen LogP contribution is 2.34. The van der Waals surface area contributed by atoms with E-state index in [0.717, 1.165) is 0 Å². The molecule has 1 atom stereocenters. The Labute approximate surface area is 107 Å². The molecule has 0 aliphatic heterocycles. The molecule has 0 saturated carbocycles. The number of nitrogens with two attached hydrogens (primary N) is 1. The molecule has 0 fully saturated rings. The Morgan fingerprint density at radius 2 is 2.21 bits per heavy atom.